The third kappa shape index (κ3) is 1.15. The Hall–Kier alpha value is -1.35. The third-order valence-electron chi connectivity index (χ3n) is 4.02. The first-order valence-corrected chi connectivity index (χ1v) is 5.68. The zero-order chi connectivity index (χ0) is 11.5. The molecule has 1 aliphatic rings. The van der Waals surface area contributed by atoms with Gasteiger partial charge in [-0.1, -0.05) is 19.9 Å². The minimum absolute atomic E-state index is 0.239. The monoisotopic (exact) mass is 215 g/mol. The minimum Gasteiger partial charge on any atom is -0.334 e. The summed E-state index contributed by atoms with van der Waals surface area (Å²) in [6.07, 6.45) is 1.85. The number of nitrogens with zero attached hydrogens (tertiary/aromatic N) is 2. The lowest BCUT2D eigenvalue weighted by Crippen LogP contribution is -2.06. The molecule has 2 unspecified atom stereocenters. The van der Waals surface area contributed by atoms with Gasteiger partial charge in [-0.15, -0.1) is 0 Å². The zero-order valence-electron chi connectivity index (χ0n) is 9.94. The van der Waals surface area contributed by atoms with Gasteiger partial charge in [0.25, 0.3) is 0 Å². The lowest BCUT2D eigenvalue weighted by Gasteiger charge is -2.03. The van der Waals surface area contributed by atoms with E-state index in [1.54, 1.807) is 0 Å². The zero-order valence-corrected chi connectivity index (χ0v) is 9.94. The lowest BCUT2D eigenvalue weighted by molar-refractivity contribution is 0.599. The summed E-state index contributed by atoms with van der Waals surface area (Å²) >= 11 is 0. The molecule has 3 rings (SSSR count). The molecule has 0 bridgehead atoms. The van der Waals surface area contributed by atoms with Crippen molar-refractivity contribution in [3.8, 4) is 0 Å². The van der Waals surface area contributed by atoms with E-state index >= 15 is 0 Å². The second kappa shape index (κ2) is 2.86. The Kier molecular flexibility index (Phi) is 1.76. The van der Waals surface area contributed by atoms with E-state index < -0.39 is 0 Å². The van der Waals surface area contributed by atoms with Gasteiger partial charge in [0.2, 0.25) is 0 Å². The van der Waals surface area contributed by atoms with Crippen molar-refractivity contribution in [3.63, 3.8) is 0 Å². The highest BCUT2D eigenvalue weighted by atomic mass is 15.0. The van der Waals surface area contributed by atoms with Crippen LogP contribution in [0.2, 0.25) is 0 Å². The van der Waals surface area contributed by atoms with Crippen molar-refractivity contribution in [3.05, 3.63) is 30.1 Å². The van der Waals surface area contributed by atoms with E-state index in [9.17, 15) is 0 Å². The number of nitrogens with two attached hydrogens (primary N) is 1. The minimum atomic E-state index is 0.239. The van der Waals surface area contributed by atoms with Crippen molar-refractivity contribution in [2.45, 2.75) is 25.8 Å². The number of benzene rings is 1. The van der Waals surface area contributed by atoms with Crippen LogP contribution in [0.3, 0.4) is 0 Å². The normalized spacial score (nSPS) is 27.2. The predicted molar refractivity (Wildman–Crippen MR) is 65.2 cm³/mol. The molecule has 2 aromatic rings. The number of hydrogen-bond acceptors (Lipinski definition) is 2. The second-order valence-corrected chi connectivity index (χ2v) is 5.43. The van der Waals surface area contributed by atoms with Crippen LogP contribution in [0.15, 0.2) is 24.5 Å². The SMILES string of the molecule is Cn1cnc2cc(C3C(N)C3(C)C)ccc21. The van der Waals surface area contributed by atoms with Crippen LogP contribution in [0, 0.1) is 5.41 Å². The first kappa shape index (κ1) is 9.85. The number of hydrogen-bond donors (Lipinski definition) is 1. The molecule has 0 saturated heterocycles. The molecular weight excluding hydrogens is 198 g/mol. The van der Waals surface area contributed by atoms with Crippen molar-refractivity contribution >= 4 is 11.0 Å². The van der Waals surface area contributed by atoms with Crippen LogP contribution in [0.4, 0.5) is 0 Å². The van der Waals surface area contributed by atoms with Crippen LogP contribution in [-0.4, -0.2) is 15.6 Å². The average Bonchev–Trinajstić information content (AvgIpc) is 2.57. The molecule has 2 N–H and O–H groups in total. The Labute approximate surface area is 95.3 Å². The number of imidazole rings is 1. The highest BCUT2D eigenvalue weighted by Crippen LogP contribution is 2.57. The maximum absolute atomic E-state index is 6.10. The number of aromatic nitrogens is 2. The predicted octanol–water partition coefficient (Wildman–Crippen LogP) is 2.02. The van der Waals surface area contributed by atoms with Gasteiger partial charge in [-0.25, -0.2) is 4.98 Å². The Balaban J connectivity index is 2.07. The Morgan fingerprint density at radius 1 is 1.38 bits per heavy atom. The first-order valence-electron chi connectivity index (χ1n) is 5.68. The third-order valence-corrected chi connectivity index (χ3v) is 4.02. The molecule has 0 aliphatic heterocycles. The summed E-state index contributed by atoms with van der Waals surface area (Å²) in [5, 5.41) is 0. The summed E-state index contributed by atoms with van der Waals surface area (Å²) in [5.41, 5.74) is 9.90. The lowest BCUT2D eigenvalue weighted by atomic mass is 10.0. The smallest absolute Gasteiger partial charge is 0.0955 e. The van der Waals surface area contributed by atoms with Gasteiger partial charge in [-0.05, 0) is 23.1 Å². The first-order chi connectivity index (χ1) is 7.51. The summed E-state index contributed by atoms with van der Waals surface area (Å²) in [6.45, 7) is 4.45. The van der Waals surface area contributed by atoms with Crippen LogP contribution in [-0.2, 0) is 7.05 Å². The highest BCUT2D eigenvalue weighted by molar-refractivity contribution is 5.76. The molecule has 1 fully saturated rings. The fourth-order valence-corrected chi connectivity index (χ4v) is 2.66. The van der Waals surface area contributed by atoms with Gasteiger partial charge in [0.1, 0.15) is 0 Å². The molecule has 1 saturated carbocycles. The van der Waals surface area contributed by atoms with E-state index in [0.29, 0.717) is 5.92 Å². The maximum atomic E-state index is 6.10. The van der Waals surface area contributed by atoms with Crippen LogP contribution >= 0.6 is 0 Å². The molecule has 3 nitrogen and oxygen atoms in total. The van der Waals surface area contributed by atoms with Crippen molar-refractivity contribution in [2.24, 2.45) is 18.2 Å². The highest BCUT2D eigenvalue weighted by Gasteiger charge is 2.56. The van der Waals surface area contributed by atoms with Gasteiger partial charge in [-0.3, -0.25) is 0 Å². The van der Waals surface area contributed by atoms with Gasteiger partial charge in [0, 0.05) is 19.0 Å². The standard InChI is InChI=1S/C13H17N3/c1-13(2)11(12(13)14)8-4-5-10-9(6-8)15-7-16(10)3/h4-7,11-12H,14H2,1-3H3. The summed E-state index contributed by atoms with van der Waals surface area (Å²) in [4.78, 5) is 4.38. The van der Waals surface area contributed by atoms with Crippen molar-refractivity contribution in [1.82, 2.24) is 9.55 Å². The van der Waals surface area contributed by atoms with Gasteiger partial charge < -0.3 is 10.3 Å². The van der Waals surface area contributed by atoms with Gasteiger partial charge in [0.15, 0.2) is 0 Å². The maximum Gasteiger partial charge on any atom is 0.0955 e. The van der Waals surface area contributed by atoms with Crippen molar-refractivity contribution in [2.75, 3.05) is 0 Å². The largest absolute Gasteiger partial charge is 0.334 e. The van der Waals surface area contributed by atoms with E-state index in [1.165, 1.54) is 11.1 Å². The molecule has 1 aromatic heterocycles. The quantitative estimate of drug-likeness (QED) is 0.791. The van der Waals surface area contributed by atoms with E-state index in [-0.39, 0.29) is 11.5 Å². The van der Waals surface area contributed by atoms with Crippen LogP contribution < -0.4 is 5.73 Å². The molecule has 1 heterocycles. The average molecular weight is 215 g/mol. The van der Waals surface area contributed by atoms with Crippen LogP contribution in [0.25, 0.3) is 11.0 Å². The summed E-state index contributed by atoms with van der Waals surface area (Å²) in [6, 6.07) is 6.78. The van der Waals surface area contributed by atoms with Gasteiger partial charge in [0.05, 0.1) is 17.4 Å². The molecule has 0 spiro atoms. The fourth-order valence-electron chi connectivity index (χ4n) is 2.66. The molecule has 3 heteroatoms. The topological polar surface area (TPSA) is 43.8 Å². The van der Waals surface area contributed by atoms with E-state index in [2.05, 4.69) is 37.0 Å². The molecule has 2 atom stereocenters. The number of fused-ring (bicyclic) bond motifs is 1. The van der Waals surface area contributed by atoms with Gasteiger partial charge >= 0.3 is 0 Å². The van der Waals surface area contributed by atoms with E-state index in [1.807, 2.05) is 17.9 Å². The number of aryl methyl sites for hydroxylation is 1. The molecule has 1 aliphatic carbocycles. The van der Waals surface area contributed by atoms with Gasteiger partial charge in [-0.2, -0.15) is 0 Å². The molecule has 84 valence electrons. The summed E-state index contributed by atoms with van der Waals surface area (Å²) in [5.74, 6) is 0.485. The second-order valence-electron chi connectivity index (χ2n) is 5.43. The molecule has 0 amide bonds. The Morgan fingerprint density at radius 2 is 2.06 bits per heavy atom. The Bertz CT molecular complexity index is 553. The fraction of sp³-hybridized carbons (Fsp3) is 0.462. The van der Waals surface area contributed by atoms with Crippen LogP contribution in [0.5, 0.6) is 0 Å². The summed E-state index contributed by atoms with van der Waals surface area (Å²) < 4.78 is 2.04. The molecule has 0 radical (unpaired) electrons. The summed E-state index contributed by atoms with van der Waals surface area (Å²) in [7, 11) is 2.02. The Morgan fingerprint density at radius 3 is 2.69 bits per heavy atom. The molecular formula is C13H17N3. The van der Waals surface area contributed by atoms with Crippen molar-refractivity contribution < 1.29 is 0 Å². The van der Waals surface area contributed by atoms with Crippen molar-refractivity contribution in [1.29, 1.82) is 0 Å². The molecule has 16 heavy (non-hydrogen) atoms. The molecule has 1 aromatic carbocycles. The van der Waals surface area contributed by atoms with E-state index in [0.717, 1.165) is 5.52 Å². The van der Waals surface area contributed by atoms with Crippen LogP contribution in [0.1, 0.15) is 25.3 Å². The number of rotatable bonds is 1. The van der Waals surface area contributed by atoms with E-state index in [4.69, 9.17) is 5.73 Å².